The Morgan fingerprint density at radius 2 is 2.15 bits per heavy atom. The second-order valence-electron chi connectivity index (χ2n) is 4.34. The fraction of sp³-hybridized carbons (Fsp3) is 0.200. The minimum absolute atomic E-state index is 0.226. The van der Waals surface area contributed by atoms with Crippen molar-refractivity contribution in [2.24, 2.45) is 0 Å². The summed E-state index contributed by atoms with van der Waals surface area (Å²) < 4.78 is 5.39. The number of aryl methyl sites for hydroxylation is 1. The first kappa shape index (κ1) is 13.9. The van der Waals surface area contributed by atoms with Crippen molar-refractivity contribution in [3.8, 4) is 5.75 Å². The van der Waals surface area contributed by atoms with Crippen molar-refractivity contribution in [1.29, 1.82) is 0 Å². The Morgan fingerprint density at radius 1 is 1.35 bits per heavy atom. The SMILES string of the molecule is CCOc1cccc(NC(=O)c2cc(C)nc(N)c2)c1. The second-order valence-corrected chi connectivity index (χ2v) is 4.34. The summed E-state index contributed by atoms with van der Waals surface area (Å²) in [5, 5.41) is 2.81. The lowest BCUT2D eigenvalue weighted by atomic mass is 10.2. The van der Waals surface area contributed by atoms with E-state index < -0.39 is 0 Å². The standard InChI is InChI=1S/C15H17N3O2/c1-3-20-13-6-4-5-12(9-13)18-15(19)11-7-10(2)17-14(16)8-11/h4-9H,3H2,1-2H3,(H2,16,17)(H,18,19). The van der Waals surface area contributed by atoms with Gasteiger partial charge in [-0.2, -0.15) is 0 Å². The first-order chi connectivity index (χ1) is 9.58. The fourth-order valence-electron chi connectivity index (χ4n) is 1.86. The summed E-state index contributed by atoms with van der Waals surface area (Å²) in [6, 6.07) is 10.5. The van der Waals surface area contributed by atoms with Crippen LogP contribution in [0.1, 0.15) is 23.0 Å². The van der Waals surface area contributed by atoms with Gasteiger partial charge in [0.15, 0.2) is 0 Å². The van der Waals surface area contributed by atoms with Crippen LogP contribution in [0.5, 0.6) is 5.75 Å². The van der Waals surface area contributed by atoms with Gasteiger partial charge in [-0.25, -0.2) is 4.98 Å². The van der Waals surface area contributed by atoms with Crippen LogP contribution in [0.15, 0.2) is 36.4 Å². The summed E-state index contributed by atoms with van der Waals surface area (Å²) in [7, 11) is 0. The number of amides is 1. The number of benzene rings is 1. The summed E-state index contributed by atoms with van der Waals surface area (Å²) in [6.07, 6.45) is 0. The Labute approximate surface area is 117 Å². The molecule has 0 aliphatic rings. The van der Waals surface area contributed by atoms with Gasteiger partial charge in [-0.05, 0) is 38.1 Å². The van der Waals surface area contributed by atoms with Gasteiger partial charge in [-0.3, -0.25) is 4.79 Å². The highest BCUT2D eigenvalue weighted by Gasteiger charge is 2.08. The largest absolute Gasteiger partial charge is 0.494 e. The van der Waals surface area contributed by atoms with E-state index in [2.05, 4.69) is 10.3 Å². The molecule has 0 bridgehead atoms. The average Bonchev–Trinajstić information content (AvgIpc) is 2.38. The number of anilines is 2. The Morgan fingerprint density at radius 3 is 2.85 bits per heavy atom. The third-order valence-corrected chi connectivity index (χ3v) is 2.64. The van der Waals surface area contributed by atoms with E-state index in [1.807, 2.05) is 19.1 Å². The maximum atomic E-state index is 12.2. The smallest absolute Gasteiger partial charge is 0.255 e. The highest BCUT2D eigenvalue weighted by Crippen LogP contribution is 2.18. The zero-order chi connectivity index (χ0) is 14.5. The van der Waals surface area contributed by atoms with Crippen LogP contribution in [0.25, 0.3) is 0 Å². The first-order valence-electron chi connectivity index (χ1n) is 6.37. The minimum atomic E-state index is -0.226. The third kappa shape index (κ3) is 3.47. The van der Waals surface area contributed by atoms with Gasteiger partial charge in [-0.15, -0.1) is 0 Å². The summed E-state index contributed by atoms with van der Waals surface area (Å²) in [6.45, 7) is 4.29. The van der Waals surface area contributed by atoms with Crippen molar-refractivity contribution in [1.82, 2.24) is 4.98 Å². The van der Waals surface area contributed by atoms with Crippen LogP contribution >= 0.6 is 0 Å². The van der Waals surface area contributed by atoms with E-state index >= 15 is 0 Å². The van der Waals surface area contributed by atoms with E-state index in [0.29, 0.717) is 29.4 Å². The van der Waals surface area contributed by atoms with Crippen molar-refractivity contribution >= 4 is 17.4 Å². The summed E-state index contributed by atoms with van der Waals surface area (Å²) in [5.41, 5.74) is 7.51. The van der Waals surface area contributed by atoms with Crippen molar-refractivity contribution in [2.45, 2.75) is 13.8 Å². The van der Waals surface area contributed by atoms with E-state index in [-0.39, 0.29) is 5.91 Å². The molecule has 0 atom stereocenters. The molecule has 20 heavy (non-hydrogen) atoms. The number of nitrogen functional groups attached to an aromatic ring is 1. The second kappa shape index (κ2) is 6.06. The summed E-state index contributed by atoms with van der Waals surface area (Å²) in [5.74, 6) is 0.824. The number of hydrogen-bond donors (Lipinski definition) is 2. The molecule has 5 nitrogen and oxygen atoms in total. The van der Waals surface area contributed by atoms with E-state index in [9.17, 15) is 4.79 Å². The molecule has 1 amide bonds. The molecule has 0 radical (unpaired) electrons. The number of rotatable bonds is 4. The van der Waals surface area contributed by atoms with Gasteiger partial charge in [0.25, 0.3) is 5.91 Å². The number of carbonyl (C=O) groups is 1. The number of ether oxygens (including phenoxy) is 1. The molecule has 0 unspecified atom stereocenters. The van der Waals surface area contributed by atoms with Crippen LogP contribution in [0.2, 0.25) is 0 Å². The molecule has 0 spiro atoms. The predicted molar refractivity (Wildman–Crippen MR) is 79.0 cm³/mol. The quantitative estimate of drug-likeness (QED) is 0.896. The molecule has 0 aliphatic heterocycles. The number of nitrogens with one attached hydrogen (secondary N) is 1. The molecule has 1 heterocycles. The number of pyridine rings is 1. The molecule has 0 fully saturated rings. The minimum Gasteiger partial charge on any atom is -0.494 e. The van der Waals surface area contributed by atoms with Gasteiger partial charge < -0.3 is 15.8 Å². The topological polar surface area (TPSA) is 77.2 Å². The highest BCUT2D eigenvalue weighted by molar-refractivity contribution is 6.04. The lowest BCUT2D eigenvalue weighted by molar-refractivity contribution is 0.102. The van der Waals surface area contributed by atoms with E-state index in [4.69, 9.17) is 10.5 Å². The van der Waals surface area contributed by atoms with Gasteiger partial charge in [0, 0.05) is 23.0 Å². The zero-order valence-electron chi connectivity index (χ0n) is 11.5. The maximum Gasteiger partial charge on any atom is 0.255 e. The predicted octanol–water partition coefficient (Wildman–Crippen LogP) is 2.62. The molecular formula is C15H17N3O2. The summed E-state index contributed by atoms with van der Waals surface area (Å²) >= 11 is 0. The zero-order valence-corrected chi connectivity index (χ0v) is 11.5. The van der Waals surface area contributed by atoms with Gasteiger partial charge in [-0.1, -0.05) is 6.07 Å². The Bertz CT molecular complexity index is 606. The fourth-order valence-corrected chi connectivity index (χ4v) is 1.86. The van der Waals surface area contributed by atoms with Crippen LogP contribution in [0.4, 0.5) is 11.5 Å². The molecule has 1 aromatic carbocycles. The van der Waals surface area contributed by atoms with E-state index in [1.54, 1.807) is 31.2 Å². The first-order valence-corrected chi connectivity index (χ1v) is 6.37. The van der Waals surface area contributed by atoms with Gasteiger partial charge >= 0.3 is 0 Å². The molecule has 2 rings (SSSR count). The molecule has 2 aromatic rings. The molecule has 3 N–H and O–H groups in total. The molecular weight excluding hydrogens is 254 g/mol. The van der Waals surface area contributed by atoms with Crippen LogP contribution in [0.3, 0.4) is 0 Å². The lowest BCUT2D eigenvalue weighted by Crippen LogP contribution is -2.13. The lowest BCUT2D eigenvalue weighted by Gasteiger charge is -2.08. The van der Waals surface area contributed by atoms with Crippen molar-refractivity contribution in [2.75, 3.05) is 17.7 Å². The Balaban J connectivity index is 2.16. The maximum absolute atomic E-state index is 12.2. The Hall–Kier alpha value is -2.56. The molecule has 104 valence electrons. The molecule has 5 heteroatoms. The van der Waals surface area contributed by atoms with Crippen LogP contribution in [0, 0.1) is 6.92 Å². The van der Waals surface area contributed by atoms with Gasteiger partial charge in [0.05, 0.1) is 6.61 Å². The van der Waals surface area contributed by atoms with Crippen LogP contribution in [-0.4, -0.2) is 17.5 Å². The van der Waals surface area contributed by atoms with Crippen LogP contribution in [-0.2, 0) is 0 Å². The van der Waals surface area contributed by atoms with Crippen molar-refractivity contribution in [3.63, 3.8) is 0 Å². The highest BCUT2D eigenvalue weighted by atomic mass is 16.5. The number of carbonyl (C=O) groups excluding carboxylic acids is 1. The molecule has 0 saturated heterocycles. The third-order valence-electron chi connectivity index (χ3n) is 2.64. The average molecular weight is 271 g/mol. The number of nitrogens with two attached hydrogens (primary N) is 1. The van der Waals surface area contributed by atoms with Crippen LogP contribution < -0.4 is 15.8 Å². The van der Waals surface area contributed by atoms with Gasteiger partial charge in [0.2, 0.25) is 0 Å². The molecule has 1 aromatic heterocycles. The number of aromatic nitrogens is 1. The molecule has 0 aliphatic carbocycles. The van der Waals surface area contributed by atoms with Crippen molar-refractivity contribution < 1.29 is 9.53 Å². The van der Waals surface area contributed by atoms with E-state index in [1.165, 1.54) is 0 Å². The normalized spacial score (nSPS) is 10.1. The van der Waals surface area contributed by atoms with Gasteiger partial charge in [0.1, 0.15) is 11.6 Å². The number of hydrogen-bond acceptors (Lipinski definition) is 4. The van der Waals surface area contributed by atoms with Crippen molar-refractivity contribution in [3.05, 3.63) is 47.7 Å². The number of nitrogens with zero attached hydrogens (tertiary/aromatic N) is 1. The molecule has 0 saturated carbocycles. The Kier molecular flexibility index (Phi) is 4.20. The van der Waals surface area contributed by atoms with E-state index in [0.717, 1.165) is 5.75 Å². The summed E-state index contributed by atoms with van der Waals surface area (Å²) in [4.78, 5) is 16.2. The monoisotopic (exact) mass is 271 g/mol.